The summed E-state index contributed by atoms with van der Waals surface area (Å²) in [4.78, 5) is 23.6. The Morgan fingerprint density at radius 1 is 1.15 bits per heavy atom. The molecule has 3 aromatic rings. The van der Waals surface area contributed by atoms with Crippen LogP contribution in [0, 0.1) is 11.3 Å². The van der Waals surface area contributed by atoms with Crippen molar-refractivity contribution in [2.45, 2.75) is 6.92 Å². The van der Waals surface area contributed by atoms with Crippen molar-refractivity contribution in [3.8, 4) is 28.3 Å². The Bertz CT molecular complexity index is 1040. The lowest BCUT2D eigenvalue weighted by Crippen LogP contribution is -2.10. The van der Waals surface area contributed by atoms with Crippen LogP contribution in [0.2, 0.25) is 0 Å². The molecule has 0 saturated heterocycles. The van der Waals surface area contributed by atoms with Gasteiger partial charge in [-0.05, 0) is 23.6 Å². The molecule has 0 amide bonds. The molecule has 0 radical (unpaired) electrons. The Kier molecular flexibility index (Phi) is 5.18. The Balaban J connectivity index is 2.09. The first-order chi connectivity index (χ1) is 13.1. The van der Waals surface area contributed by atoms with Gasteiger partial charge in [0.05, 0.1) is 12.2 Å². The van der Waals surface area contributed by atoms with Gasteiger partial charge < -0.3 is 9.30 Å². The van der Waals surface area contributed by atoms with Crippen LogP contribution in [0.5, 0.6) is 0 Å². The first-order valence-electron chi connectivity index (χ1n) is 8.52. The molecule has 0 aliphatic heterocycles. The van der Waals surface area contributed by atoms with E-state index >= 15 is 0 Å². The van der Waals surface area contributed by atoms with Gasteiger partial charge >= 0.3 is 5.97 Å². The zero-order valence-electron chi connectivity index (χ0n) is 15.1. The van der Waals surface area contributed by atoms with Gasteiger partial charge in [-0.3, -0.25) is 4.79 Å². The first kappa shape index (κ1) is 18.2. The Labute approximate surface area is 157 Å². The number of aryl methyl sites for hydroxylation is 1. The predicted octanol–water partition coefficient (Wildman–Crippen LogP) is 4.22. The number of hydrogen-bond donors (Lipinski definition) is 0. The van der Waals surface area contributed by atoms with Crippen LogP contribution in [0.15, 0.2) is 54.7 Å². The van der Waals surface area contributed by atoms with Gasteiger partial charge in [0.1, 0.15) is 11.8 Å². The van der Waals surface area contributed by atoms with E-state index < -0.39 is 5.97 Å². The summed E-state index contributed by atoms with van der Waals surface area (Å²) in [7, 11) is 1.71. The molecule has 5 nitrogen and oxygen atoms in total. The third-order valence-corrected chi connectivity index (χ3v) is 4.34. The molecule has 3 rings (SSSR count). The van der Waals surface area contributed by atoms with E-state index in [2.05, 4.69) is 6.07 Å². The van der Waals surface area contributed by atoms with Crippen LogP contribution in [-0.2, 0) is 11.8 Å². The van der Waals surface area contributed by atoms with Crippen LogP contribution in [-0.4, -0.2) is 23.4 Å². The molecule has 0 atom stereocenters. The van der Waals surface area contributed by atoms with Crippen LogP contribution >= 0.6 is 0 Å². The van der Waals surface area contributed by atoms with Gasteiger partial charge in [-0.15, -0.1) is 0 Å². The molecule has 0 bridgehead atoms. The molecular formula is C22H18N2O3. The smallest absolute Gasteiger partial charge is 0.355 e. The van der Waals surface area contributed by atoms with E-state index in [-0.39, 0.29) is 6.61 Å². The van der Waals surface area contributed by atoms with Crippen molar-refractivity contribution in [3.05, 3.63) is 71.5 Å². The van der Waals surface area contributed by atoms with Gasteiger partial charge in [-0.2, -0.15) is 5.26 Å². The summed E-state index contributed by atoms with van der Waals surface area (Å²) in [5.41, 5.74) is 4.36. The molecule has 0 fully saturated rings. The topological polar surface area (TPSA) is 72.1 Å². The molecule has 0 unspecified atom stereocenters. The maximum atomic E-state index is 12.4. The van der Waals surface area contributed by atoms with E-state index in [1.807, 2.05) is 42.5 Å². The quantitative estimate of drug-likeness (QED) is 0.506. The van der Waals surface area contributed by atoms with E-state index in [9.17, 15) is 14.9 Å². The molecule has 0 saturated carbocycles. The number of aromatic nitrogens is 1. The normalized spacial score (nSPS) is 10.3. The van der Waals surface area contributed by atoms with Crippen molar-refractivity contribution in [1.82, 2.24) is 4.57 Å². The first-order valence-corrected chi connectivity index (χ1v) is 8.52. The Morgan fingerprint density at radius 2 is 1.81 bits per heavy atom. The van der Waals surface area contributed by atoms with Crippen LogP contribution in [0.3, 0.4) is 0 Å². The fourth-order valence-electron chi connectivity index (χ4n) is 3.13. The highest BCUT2D eigenvalue weighted by atomic mass is 16.5. The second-order valence-electron chi connectivity index (χ2n) is 5.99. The third-order valence-electron chi connectivity index (χ3n) is 4.34. The average molecular weight is 358 g/mol. The lowest BCUT2D eigenvalue weighted by molar-refractivity contribution is 0.0516. The number of nitriles is 1. The van der Waals surface area contributed by atoms with Crippen molar-refractivity contribution in [1.29, 1.82) is 5.26 Å². The number of carbonyl (C=O) groups excluding carboxylic acids is 2. The highest BCUT2D eigenvalue weighted by Gasteiger charge is 2.22. The van der Waals surface area contributed by atoms with Crippen LogP contribution in [0.1, 0.15) is 33.3 Å². The molecule has 134 valence electrons. The Hall–Kier alpha value is -3.65. The van der Waals surface area contributed by atoms with E-state index in [1.54, 1.807) is 30.8 Å². The summed E-state index contributed by atoms with van der Waals surface area (Å²) in [6.07, 6.45) is 2.45. The van der Waals surface area contributed by atoms with Gasteiger partial charge in [0.2, 0.25) is 0 Å². The monoisotopic (exact) mass is 358 g/mol. The highest BCUT2D eigenvalue weighted by Crippen LogP contribution is 2.32. The molecular weight excluding hydrogens is 340 g/mol. The molecule has 0 aliphatic rings. The molecule has 1 aromatic heterocycles. The zero-order chi connectivity index (χ0) is 19.4. The molecule has 0 spiro atoms. The van der Waals surface area contributed by atoms with Gasteiger partial charge in [0, 0.05) is 24.4 Å². The van der Waals surface area contributed by atoms with Gasteiger partial charge in [-0.25, -0.2) is 4.79 Å². The molecule has 5 heteroatoms. The summed E-state index contributed by atoms with van der Waals surface area (Å²) in [5.74, 6) is -0.466. The number of rotatable bonds is 5. The summed E-state index contributed by atoms with van der Waals surface area (Å²) in [5, 5.41) is 9.48. The van der Waals surface area contributed by atoms with Crippen molar-refractivity contribution in [2.75, 3.05) is 6.61 Å². The fourth-order valence-corrected chi connectivity index (χ4v) is 3.13. The fraction of sp³-hybridized carbons (Fsp3) is 0.136. The predicted molar refractivity (Wildman–Crippen MR) is 102 cm³/mol. The van der Waals surface area contributed by atoms with E-state index in [0.717, 1.165) is 23.0 Å². The standard InChI is InChI=1S/C22H18N2O3/c1-3-27-22(26)21-20(18(12-23)13-24(21)2)16-10-8-15(9-11-16)19-7-5-4-6-17(19)14-25/h4-11,13-14H,3H2,1-2H3. The summed E-state index contributed by atoms with van der Waals surface area (Å²) in [6.45, 7) is 2.00. The van der Waals surface area contributed by atoms with Gasteiger partial charge in [-0.1, -0.05) is 48.5 Å². The second-order valence-corrected chi connectivity index (χ2v) is 5.99. The lowest BCUT2D eigenvalue weighted by atomic mass is 9.96. The van der Waals surface area contributed by atoms with Crippen LogP contribution in [0.25, 0.3) is 22.3 Å². The summed E-state index contributed by atoms with van der Waals surface area (Å²) >= 11 is 0. The Morgan fingerprint density at radius 3 is 2.44 bits per heavy atom. The van der Waals surface area contributed by atoms with E-state index in [1.165, 1.54) is 0 Å². The van der Waals surface area contributed by atoms with Crippen molar-refractivity contribution in [3.63, 3.8) is 0 Å². The minimum atomic E-state index is -0.466. The van der Waals surface area contributed by atoms with E-state index in [0.29, 0.717) is 22.4 Å². The zero-order valence-corrected chi connectivity index (χ0v) is 15.1. The average Bonchev–Trinajstić information content (AvgIpc) is 3.04. The minimum Gasteiger partial charge on any atom is -0.461 e. The van der Waals surface area contributed by atoms with Gasteiger partial charge in [0.15, 0.2) is 6.29 Å². The lowest BCUT2D eigenvalue weighted by Gasteiger charge is -2.09. The van der Waals surface area contributed by atoms with Crippen LogP contribution < -0.4 is 0 Å². The molecule has 2 aromatic carbocycles. The largest absolute Gasteiger partial charge is 0.461 e. The number of esters is 1. The van der Waals surface area contributed by atoms with Crippen molar-refractivity contribution in [2.24, 2.45) is 7.05 Å². The number of ether oxygens (including phenoxy) is 1. The van der Waals surface area contributed by atoms with Crippen molar-refractivity contribution < 1.29 is 14.3 Å². The second kappa shape index (κ2) is 7.71. The van der Waals surface area contributed by atoms with Crippen molar-refractivity contribution >= 4 is 12.3 Å². The number of nitrogens with zero attached hydrogens (tertiary/aromatic N) is 2. The summed E-state index contributed by atoms with van der Waals surface area (Å²) < 4.78 is 6.76. The van der Waals surface area contributed by atoms with Gasteiger partial charge in [0.25, 0.3) is 0 Å². The highest BCUT2D eigenvalue weighted by molar-refractivity contribution is 5.98. The number of hydrogen-bond acceptors (Lipinski definition) is 4. The maximum Gasteiger partial charge on any atom is 0.355 e. The summed E-state index contributed by atoms with van der Waals surface area (Å²) in [6, 6.07) is 16.9. The van der Waals surface area contributed by atoms with E-state index in [4.69, 9.17) is 4.74 Å². The van der Waals surface area contributed by atoms with Crippen LogP contribution in [0.4, 0.5) is 0 Å². The molecule has 1 heterocycles. The number of benzene rings is 2. The molecule has 0 N–H and O–H groups in total. The number of carbonyl (C=O) groups is 2. The third kappa shape index (κ3) is 3.38. The number of aldehydes is 1. The maximum absolute atomic E-state index is 12.4. The minimum absolute atomic E-state index is 0.257. The molecule has 27 heavy (non-hydrogen) atoms. The SMILES string of the molecule is CCOC(=O)c1c(-c2ccc(-c3ccccc3C=O)cc2)c(C#N)cn1C. The molecule has 0 aliphatic carbocycles.